The topological polar surface area (TPSA) is 96.5 Å². The van der Waals surface area contributed by atoms with Gasteiger partial charge in [-0.05, 0) is 26.0 Å². The van der Waals surface area contributed by atoms with Crippen LogP contribution >= 0.6 is 0 Å². The molecule has 1 heterocycles. The van der Waals surface area contributed by atoms with Crippen LogP contribution in [0, 0.1) is 0 Å². The van der Waals surface area contributed by atoms with Gasteiger partial charge in [-0.3, -0.25) is 9.69 Å². The van der Waals surface area contributed by atoms with Crippen LogP contribution in [0.5, 0.6) is 0 Å². The van der Waals surface area contributed by atoms with E-state index in [-0.39, 0.29) is 18.3 Å². The van der Waals surface area contributed by atoms with Crippen molar-refractivity contribution in [2.24, 2.45) is 5.73 Å². The molecule has 0 aliphatic heterocycles. The molecule has 1 aromatic rings. The van der Waals surface area contributed by atoms with Gasteiger partial charge < -0.3 is 10.8 Å². The first kappa shape index (κ1) is 14.1. The summed E-state index contributed by atoms with van der Waals surface area (Å²) >= 11 is 0. The highest BCUT2D eigenvalue weighted by atomic mass is 16.4. The summed E-state index contributed by atoms with van der Waals surface area (Å²) in [5.74, 6) is -1.49. The molecule has 6 nitrogen and oxygen atoms in total. The maximum absolute atomic E-state index is 10.9. The monoisotopic (exact) mass is 251 g/mol. The molecule has 0 radical (unpaired) electrons. The molecular weight excluding hydrogens is 234 g/mol. The van der Waals surface area contributed by atoms with Gasteiger partial charge >= 0.3 is 5.97 Å². The van der Waals surface area contributed by atoms with Gasteiger partial charge in [-0.25, -0.2) is 9.78 Å². The quantitative estimate of drug-likeness (QED) is 0.766. The number of aromatic nitrogens is 1. The van der Waals surface area contributed by atoms with Gasteiger partial charge in [-0.2, -0.15) is 0 Å². The second-order valence-corrected chi connectivity index (χ2v) is 4.28. The summed E-state index contributed by atoms with van der Waals surface area (Å²) in [6, 6.07) is 4.91. The number of primary amides is 1. The summed E-state index contributed by atoms with van der Waals surface area (Å²) in [5.41, 5.74) is 5.77. The number of pyridine rings is 1. The third-order valence-electron chi connectivity index (χ3n) is 2.48. The number of carboxylic acids is 1. The average molecular weight is 251 g/mol. The van der Waals surface area contributed by atoms with Crippen LogP contribution in [-0.4, -0.2) is 39.5 Å². The molecular formula is C12H17N3O3. The number of carbonyl (C=O) groups excluding carboxylic acids is 1. The highest BCUT2D eigenvalue weighted by Gasteiger charge is 2.14. The Morgan fingerprint density at radius 2 is 2.11 bits per heavy atom. The van der Waals surface area contributed by atoms with Crippen molar-refractivity contribution >= 4 is 11.9 Å². The van der Waals surface area contributed by atoms with E-state index in [1.807, 2.05) is 18.7 Å². The first-order chi connectivity index (χ1) is 8.40. The van der Waals surface area contributed by atoms with Gasteiger partial charge in [0.1, 0.15) is 5.69 Å². The van der Waals surface area contributed by atoms with Gasteiger partial charge in [0.25, 0.3) is 0 Å². The van der Waals surface area contributed by atoms with E-state index in [0.717, 1.165) is 0 Å². The number of carboxylic acid groups (broad SMARTS) is 1. The highest BCUT2D eigenvalue weighted by molar-refractivity contribution is 5.85. The van der Waals surface area contributed by atoms with Crippen LogP contribution in [0.25, 0.3) is 0 Å². The summed E-state index contributed by atoms with van der Waals surface area (Å²) in [6.07, 6.45) is 0. The molecule has 0 bridgehead atoms. The van der Waals surface area contributed by atoms with E-state index < -0.39 is 11.9 Å². The molecule has 0 aromatic carbocycles. The van der Waals surface area contributed by atoms with Crippen molar-refractivity contribution in [1.82, 2.24) is 9.88 Å². The van der Waals surface area contributed by atoms with Gasteiger partial charge in [0.15, 0.2) is 0 Å². The first-order valence-corrected chi connectivity index (χ1v) is 5.61. The zero-order valence-corrected chi connectivity index (χ0v) is 10.5. The van der Waals surface area contributed by atoms with Crippen LogP contribution < -0.4 is 5.73 Å². The van der Waals surface area contributed by atoms with Crippen LogP contribution in [0.1, 0.15) is 30.0 Å². The lowest BCUT2D eigenvalue weighted by Gasteiger charge is -2.24. The molecule has 0 atom stereocenters. The number of amides is 1. The maximum atomic E-state index is 10.9. The lowest BCUT2D eigenvalue weighted by molar-refractivity contribution is -0.119. The van der Waals surface area contributed by atoms with Crippen LogP contribution in [0.4, 0.5) is 0 Å². The zero-order chi connectivity index (χ0) is 13.7. The Bertz CT molecular complexity index is 446. The Kier molecular flexibility index (Phi) is 4.79. The van der Waals surface area contributed by atoms with Crippen molar-refractivity contribution in [3.8, 4) is 0 Å². The van der Waals surface area contributed by atoms with Crippen LogP contribution in [0.15, 0.2) is 18.2 Å². The van der Waals surface area contributed by atoms with Crippen molar-refractivity contribution in [3.63, 3.8) is 0 Å². The Hall–Kier alpha value is -1.95. The molecule has 3 N–H and O–H groups in total. The molecule has 0 aliphatic rings. The van der Waals surface area contributed by atoms with Crippen LogP contribution in [0.2, 0.25) is 0 Å². The van der Waals surface area contributed by atoms with Crippen LogP contribution in [-0.2, 0) is 11.3 Å². The van der Waals surface area contributed by atoms with Gasteiger partial charge in [-0.1, -0.05) is 6.07 Å². The number of hydrogen-bond donors (Lipinski definition) is 2. The summed E-state index contributed by atoms with van der Waals surface area (Å²) in [6.45, 7) is 4.38. The minimum absolute atomic E-state index is 0.00437. The minimum atomic E-state index is -1.07. The van der Waals surface area contributed by atoms with E-state index >= 15 is 0 Å². The summed E-state index contributed by atoms with van der Waals surface area (Å²) in [5, 5.41) is 8.85. The Morgan fingerprint density at radius 3 is 2.61 bits per heavy atom. The number of carbonyl (C=O) groups is 2. The minimum Gasteiger partial charge on any atom is -0.477 e. The van der Waals surface area contributed by atoms with E-state index in [1.165, 1.54) is 6.07 Å². The van der Waals surface area contributed by atoms with E-state index in [1.54, 1.807) is 12.1 Å². The normalized spacial score (nSPS) is 10.9. The predicted octanol–water partition coefficient (Wildman–Crippen LogP) is 0.475. The number of nitrogens with zero attached hydrogens (tertiary/aromatic N) is 2. The third kappa shape index (κ3) is 4.14. The molecule has 0 aliphatic carbocycles. The predicted molar refractivity (Wildman–Crippen MR) is 65.9 cm³/mol. The maximum Gasteiger partial charge on any atom is 0.354 e. The van der Waals surface area contributed by atoms with E-state index in [2.05, 4.69) is 4.98 Å². The molecule has 18 heavy (non-hydrogen) atoms. The molecule has 0 saturated carbocycles. The molecule has 0 fully saturated rings. The highest BCUT2D eigenvalue weighted by Crippen LogP contribution is 2.07. The first-order valence-electron chi connectivity index (χ1n) is 5.61. The Morgan fingerprint density at radius 1 is 1.44 bits per heavy atom. The fourth-order valence-corrected chi connectivity index (χ4v) is 1.52. The van der Waals surface area contributed by atoms with Gasteiger partial charge in [-0.15, -0.1) is 0 Å². The molecule has 1 rings (SSSR count). The summed E-state index contributed by atoms with van der Waals surface area (Å²) in [7, 11) is 0. The molecule has 1 aromatic heterocycles. The fourth-order valence-electron chi connectivity index (χ4n) is 1.52. The largest absolute Gasteiger partial charge is 0.477 e. The van der Waals surface area contributed by atoms with Crippen molar-refractivity contribution < 1.29 is 14.7 Å². The lowest BCUT2D eigenvalue weighted by Crippen LogP contribution is -2.38. The summed E-state index contributed by atoms with van der Waals surface area (Å²) < 4.78 is 0. The molecule has 6 heteroatoms. The molecule has 98 valence electrons. The number of rotatable bonds is 6. The summed E-state index contributed by atoms with van der Waals surface area (Å²) in [4.78, 5) is 27.6. The van der Waals surface area contributed by atoms with Gasteiger partial charge in [0.2, 0.25) is 5.91 Å². The van der Waals surface area contributed by atoms with E-state index in [4.69, 9.17) is 10.8 Å². The number of hydrogen-bond acceptors (Lipinski definition) is 4. The van der Waals surface area contributed by atoms with E-state index in [0.29, 0.717) is 12.2 Å². The second kappa shape index (κ2) is 6.11. The van der Waals surface area contributed by atoms with Crippen molar-refractivity contribution in [3.05, 3.63) is 29.6 Å². The lowest BCUT2D eigenvalue weighted by atomic mass is 10.2. The molecule has 0 saturated heterocycles. The Balaban J connectivity index is 2.83. The smallest absolute Gasteiger partial charge is 0.354 e. The standard InChI is InChI=1S/C12H17N3O3/c1-8(2)15(7-11(13)16)6-9-4-3-5-10(14-9)12(17)18/h3-5,8H,6-7H2,1-2H3,(H2,13,16)(H,17,18). The van der Waals surface area contributed by atoms with Gasteiger partial charge in [0.05, 0.1) is 12.2 Å². The second-order valence-electron chi connectivity index (χ2n) is 4.28. The van der Waals surface area contributed by atoms with Crippen molar-refractivity contribution in [2.45, 2.75) is 26.4 Å². The van der Waals surface area contributed by atoms with Gasteiger partial charge in [0, 0.05) is 12.6 Å². The molecule has 0 spiro atoms. The zero-order valence-electron chi connectivity index (χ0n) is 10.5. The molecule has 0 unspecified atom stereocenters. The van der Waals surface area contributed by atoms with E-state index in [9.17, 15) is 9.59 Å². The third-order valence-corrected chi connectivity index (χ3v) is 2.48. The molecule has 1 amide bonds. The van der Waals surface area contributed by atoms with Crippen LogP contribution in [0.3, 0.4) is 0 Å². The van der Waals surface area contributed by atoms with Crippen molar-refractivity contribution in [2.75, 3.05) is 6.54 Å². The number of aromatic carboxylic acids is 1. The SMILES string of the molecule is CC(C)N(CC(N)=O)Cc1cccc(C(=O)O)n1. The fraction of sp³-hybridized carbons (Fsp3) is 0.417. The average Bonchev–Trinajstić information content (AvgIpc) is 2.27. The Labute approximate surface area is 105 Å². The van der Waals surface area contributed by atoms with Crippen molar-refractivity contribution in [1.29, 1.82) is 0 Å². The number of nitrogens with two attached hydrogens (primary N) is 1.